The number of hydrogen-bond donors (Lipinski definition) is 2. The number of rotatable bonds is 8. The Morgan fingerprint density at radius 2 is 1.83 bits per heavy atom. The Labute approximate surface area is 116 Å². The first-order valence-corrected chi connectivity index (χ1v) is 6.96. The van der Waals surface area contributed by atoms with Gasteiger partial charge in [-0.15, -0.1) is 0 Å². The highest BCUT2D eigenvalue weighted by molar-refractivity contribution is 7.80. The molecule has 0 aromatic carbocycles. The molecule has 18 heavy (non-hydrogen) atoms. The molecule has 0 saturated heterocycles. The Balaban J connectivity index is 4.23. The summed E-state index contributed by atoms with van der Waals surface area (Å²) in [6.45, 7) is 11.5. The first-order chi connectivity index (χ1) is 8.23. The quantitative estimate of drug-likeness (QED) is 0.659. The Morgan fingerprint density at radius 3 is 2.22 bits per heavy atom. The molecule has 0 fully saturated rings. The molecule has 0 aliphatic rings. The first kappa shape index (κ1) is 17.3. The van der Waals surface area contributed by atoms with Gasteiger partial charge >= 0.3 is 0 Å². The van der Waals surface area contributed by atoms with Crippen LogP contribution in [0.2, 0.25) is 0 Å². The number of hydrogen-bond acceptors (Lipinski definition) is 3. The summed E-state index contributed by atoms with van der Waals surface area (Å²) in [6.07, 6.45) is 0.653. The van der Waals surface area contributed by atoms with Crippen LogP contribution in [0.25, 0.3) is 0 Å². The Hall–Kier alpha value is -0.680. The molecule has 3 N–H and O–H groups in total. The molecule has 1 unspecified atom stereocenters. The topological polar surface area (TPSA) is 58.4 Å². The van der Waals surface area contributed by atoms with E-state index < -0.39 is 0 Å². The monoisotopic (exact) mass is 273 g/mol. The second-order valence-electron chi connectivity index (χ2n) is 5.38. The minimum Gasteiger partial charge on any atom is -0.393 e. The summed E-state index contributed by atoms with van der Waals surface area (Å²) in [7, 11) is 0. The van der Waals surface area contributed by atoms with Gasteiger partial charge in [0, 0.05) is 25.0 Å². The highest BCUT2D eigenvalue weighted by atomic mass is 32.1. The lowest BCUT2D eigenvalue weighted by molar-refractivity contribution is -0.123. The molecular formula is C13H27N3OS. The fourth-order valence-corrected chi connectivity index (χ4v) is 1.52. The molecule has 0 radical (unpaired) electrons. The number of amides is 1. The molecule has 0 rings (SSSR count). The van der Waals surface area contributed by atoms with Crippen LogP contribution in [0.5, 0.6) is 0 Å². The van der Waals surface area contributed by atoms with Crippen molar-refractivity contribution in [3.05, 3.63) is 0 Å². The maximum atomic E-state index is 11.9. The third-order valence-electron chi connectivity index (χ3n) is 3.11. The van der Waals surface area contributed by atoms with Gasteiger partial charge in [-0.05, 0) is 26.7 Å². The van der Waals surface area contributed by atoms with Crippen molar-refractivity contribution in [3.8, 4) is 0 Å². The van der Waals surface area contributed by atoms with Crippen LogP contribution in [0.3, 0.4) is 0 Å². The summed E-state index contributed by atoms with van der Waals surface area (Å²) in [5.41, 5.74) is 5.50. The van der Waals surface area contributed by atoms with Gasteiger partial charge in [-0.25, -0.2) is 0 Å². The summed E-state index contributed by atoms with van der Waals surface area (Å²) in [5.74, 6) is 0.505. The van der Waals surface area contributed by atoms with Crippen LogP contribution in [-0.4, -0.2) is 41.0 Å². The Bertz CT molecular complexity index is 279. The van der Waals surface area contributed by atoms with Gasteiger partial charge in [0.05, 0.1) is 11.5 Å². The van der Waals surface area contributed by atoms with Crippen molar-refractivity contribution < 1.29 is 4.79 Å². The van der Waals surface area contributed by atoms with E-state index in [1.165, 1.54) is 0 Å². The Kier molecular flexibility index (Phi) is 8.11. The van der Waals surface area contributed by atoms with Gasteiger partial charge in [0.1, 0.15) is 0 Å². The van der Waals surface area contributed by atoms with Crippen LogP contribution in [0.1, 0.15) is 41.0 Å². The molecule has 1 amide bonds. The van der Waals surface area contributed by atoms with Gasteiger partial charge in [-0.1, -0.05) is 26.1 Å². The van der Waals surface area contributed by atoms with Crippen LogP contribution in [0, 0.1) is 5.92 Å². The van der Waals surface area contributed by atoms with Crippen LogP contribution >= 0.6 is 12.2 Å². The zero-order valence-electron chi connectivity index (χ0n) is 12.2. The molecule has 1 atom stereocenters. The van der Waals surface area contributed by atoms with Crippen LogP contribution in [0.15, 0.2) is 0 Å². The Morgan fingerprint density at radius 1 is 1.28 bits per heavy atom. The molecule has 0 aromatic heterocycles. The summed E-state index contributed by atoms with van der Waals surface area (Å²) < 4.78 is 0. The van der Waals surface area contributed by atoms with E-state index in [-0.39, 0.29) is 11.9 Å². The lowest BCUT2D eigenvalue weighted by Gasteiger charge is -2.27. The molecule has 0 heterocycles. The van der Waals surface area contributed by atoms with Gasteiger partial charge < -0.3 is 11.1 Å². The van der Waals surface area contributed by atoms with E-state index in [1.54, 1.807) is 0 Å². The summed E-state index contributed by atoms with van der Waals surface area (Å²) >= 11 is 4.87. The molecule has 4 nitrogen and oxygen atoms in total. The average molecular weight is 273 g/mol. The number of carbonyl (C=O) groups is 1. The largest absolute Gasteiger partial charge is 0.393 e. The number of nitrogens with two attached hydrogens (primary N) is 1. The van der Waals surface area contributed by atoms with Crippen molar-refractivity contribution in [2.24, 2.45) is 11.7 Å². The van der Waals surface area contributed by atoms with E-state index in [2.05, 4.69) is 37.9 Å². The highest BCUT2D eigenvalue weighted by Gasteiger charge is 2.16. The maximum Gasteiger partial charge on any atom is 0.234 e. The summed E-state index contributed by atoms with van der Waals surface area (Å²) in [5, 5.41) is 3.01. The smallest absolute Gasteiger partial charge is 0.234 e. The van der Waals surface area contributed by atoms with Crippen LogP contribution in [-0.2, 0) is 4.79 Å². The van der Waals surface area contributed by atoms with Crippen LogP contribution < -0.4 is 11.1 Å². The van der Waals surface area contributed by atoms with Gasteiger partial charge in [-0.3, -0.25) is 9.69 Å². The van der Waals surface area contributed by atoms with E-state index in [9.17, 15) is 4.79 Å². The van der Waals surface area contributed by atoms with Crippen molar-refractivity contribution in [2.75, 3.05) is 13.1 Å². The fraction of sp³-hybridized carbons (Fsp3) is 0.846. The third kappa shape index (κ3) is 7.61. The minimum atomic E-state index is 0.0628. The lowest BCUT2D eigenvalue weighted by Crippen LogP contribution is -2.45. The molecule has 0 aromatic rings. The molecule has 0 aliphatic heterocycles. The van der Waals surface area contributed by atoms with E-state index >= 15 is 0 Å². The van der Waals surface area contributed by atoms with Crippen molar-refractivity contribution in [3.63, 3.8) is 0 Å². The van der Waals surface area contributed by atoms with E-state index in [1.807, 2.05) is 6.92 Å². The second-order valence-corrected chi connectivity index (χ2v) is 5.91. The SMILES string of the molecule is CC(C)C(C)NC(=O)CN(CCC(N)=S)C(C)C. The first-order valence-electron chi connectivity index (χ1n) is 6.55. The van der Waals surface area contributed by atoms with Crippen molar-refractivity contribution in [1.82, 2.24) is 10.2 Å². The molecular weight excluding hydrogens is 246 g/mol. The van der Waals surface area contributed by atoms with Crippen LogP contribution in [0.4, 0.5) is 0 Å². The molecule has 0 bridgehead atoms. The van der Waals surface area contributed by atoms with E-state index in [0.29, 0.717) is 29.9 Å². The van der Waals surface area contributed by atoms with Gasteiger partial charge in [0.25, 0.3) is 0 Å². The number of carbonyl (C=O) groups excluding carboxylic acids is 1. The lowest BCUT2D eigenvalue weighted by atomic mass is 10.1. The maximum absolute atomic E-state index is 11.9. The molecule has 5 heteroatoms. The van der Waals surface area contributed by atoms with Crippen molar-refractivity contribution >= 4 is 23.1 Å². The van der Waals surface area contributed by atoms with E-state index in [0.717, 1.165) is 6.54 Å². The van der Waals surface area contributed by atoms with E-state index in [4.69, 9.17) is 18.0 Å². The van der Waals surface area contributed by atoms with Gasteiger partial charge in [0.15, 0.2) is 0 Å². The zero-order valence-corrected chi connectivity index (χ0v) is 13.0. The normalized spacial score (nSPS) is 13.1. The third-order valence-corrected chi connectivity index (χ3v) is 3.32. The summed E-state index contributed by atoms with van der Waals surface area (Å²) in [4.78, 5) is 14.5. The minimum absolute atomic E-state index is 0.0628. The van der Waals surface area contributed by atoms with Crippen molar-refractivity contribution in [2.45, 2.75) is 53.1 Å². The predicted octanol–water partition coefficient (Wildman–Crippen LogP) is 1.53. The molecule has 106 valence electrons. The van der Waals surface area contributed by atoms with Gasteiger partial charge in [-0.2, -0.15) is 0 Å². The number of nitrogens with zero attached hydrogens (tertiary/aromatic N) is 1. The number of nitrogens with one attached hydrogen (secondary N) is 1. The highest BCUT2D eigenvalue weighted by Crippen LogP contribution is 2.02. The molecule has 0 saturated carbocycles. The average Bonchev–Trinajstić information content (AvgIpc) is 2.23. The number of thiocarbonyl (C=S) groups is 1. The second kappa shape index (κ2) is 8.43. The van der Waals surface area contributed by atoms with Crippen molar-refractivity contribution in [1.29, 1.82) is 0 Å². The molecule has 0 spiro atoms. The fourth-order valence-electron chi connectivity index (χ4n) is 1.42. The standard InChI is InChI=1S/C13H27N3OS/c1-9(2)11(5)15-13(17)8-16(10(3)4)7-6-12(14)18/h9-11H,6-8H2,1-5H3,(H2,14,18)(H,15,17). The zero-order chi connectivity index (χ0) is 14.3. The molecule has 0 aliphatic carbocycles. The predicted molar refractivity (Wildman–Crippen MR) is 80.6 cm³/mol. The summed E-state index contributed by atoms with van der Waals surface area (Å²) in [6, 6.07) is 0.501. The van der Waals surface area contributed by atoms with Gasteiger partial charge in [0.2, 0.25) is 5.91 Å².